The first kappa shape index (κ1) is 18.6. The van der Waals surface area contributed by atoms with Gasteiger partial charge >= 0.3 is 0 Å². The van der Waals surface area contributed by atoms with Crippen molar-refractivity contribution in [2.75, 3.05) is 11.6 Å². The molecule has 0 aliphatic carbocycles. The number of fused-ring (bicyclic) bond motifs is 2. The van der Waals surface area contributed by atoms with Crippen molar-refractivity contribution in [2.45, 2.75) is 19.2 Å². The van der Waals surface area contributed by atoms with E-state index < -0.39 is 9.84 Å². The molecular formula is C19H18N4O3S2. The molecule has 0 saturated carbocycles. The highest BCUT2D eigenvalue weighted by atomic mass is 32.2. The van der Waals surface area contributed by atoms with Gasteiger partial charge in [-0.15, -0.1) is 11.3 Å². The third kappa shape index (κ3) is 3.90. The minimum atomic E-state index is -3.28. The number of carbonyl (C=O) groups excluding carboxylic acids is 1. The highest BCUT2D eigenvalue weighted by molar-refractivity contribution is 7.89. The summed E-state index contributed by atoms with van der Waals surface area (Å²) in [5.41, 5.74) is 2.96. The molecule has 0 radical (unpaired) electrons. The minimum Gasteiger partial charge on any atom is -0.324 e. The molecule has 0 fully saturated rings. The van der Waals surface area contributed by atoms with Crippen molar-refractivity contribution < 1.29 is 13.2 Å². The quantitative estimate of drug-likeness (QED) is 0.541. The fraction of sp³-hybridized carbons (Fsp3) is 0.211. The fourth-order valence-electron chi connectivity index (χ4n) is 3.11. The zero-order valence-electron chi connectivity index (χ0n) is 15.3. The summed E-state index contributed by atoms with van der Waals surface area (Å²) in [5.74, 6) is -0.119. The molecule has 2 aromatic heterocycles. The number of nitrogens with zero attached hydrogens (tertiary/aromatic N) is 3. The maximum atomic E-state index is 12.7. The molecule has 0 saturated heterocycles. The summed E-state index contributed by atoms with van der Waals surface area (Å²) in [6, 6.07) is 12.9. The van der Waals surface area contributed by atoms with Gasteiger partial charge in [0.25, 0.3) is 0 Å². The first-order valence-corrected chi connectivity index (χ1v) is 11.4. The van der Waals surface area contributed by atoms with E-state index in [9.17, 15) is 13.2 Å². The lowest BCUT2D eigenvalue weighted by molar-refractivity contribution is -0.116. The third-order valence-electron chi connectivity index (χ3n) is 4.21. The standard InChI is InChI=1S/C19H18N4O3S2/c1-12-20-15-8-7-13(9-17(15)27-12)21-19(24)10-23-16-6-4-3-5-14(16)22-18(23)11-28(2,25)26/h3-9H,10-11H2,1-2H3,(H,21,24). The number of thiazole rings is 1. The Hall–Kier alpha value is -2.78. The number of imidazole rings is 1. The van der Waals surface area contributed by atoms with Gasteiger partial charge in [-0.1, -0.05) is 12.1 Å². The molecule has 1 N–H and O–H groups in total. The summed E-state index contributed by atoms with van der Waals surface area (Å²) in [6.45, 7) is 1.92. The molecule has 2 heterocycles. The molecule has 7 nitrogen and oxygen atoms in total. The zero-order chi connectivity index (χ0) is 19.9. The number of hydrogen-bond donors (Lipinski definition) is 1. The number of benzene rings is 2. The fourth-order valence-corrected chi connectivity index (χ4v) is 4.66. The Morgan fingerprint density at radius 3 is 2.71 bits per heavy atom. The number of nitrogens with one attached hydrogen (secondary N) is 1. The van der Waals surface area contributed by atoms with E-state index >= 15 is 0 Å². The Balaban J connectivity index is 1.62. The first-order valence-electron chi connectivity index (χ1n) is 8.57. The van der Waals surface area contributed by atoms with Gasteiger partial charge in [-0.25, -0.2) is 18.4 Å². The van der Waals surface area contributed by atoms with E-state index in [-0.39, 0.29) is 18.2 Å². The van der Waals surface area contributed by atoms with Crippen molar-refractivity contribution in [3.05, 3.63) is 53.3 Å². The first-order chi connectivity index (χ1) is 13.3. The molecule has 4 aromatic rings. The third-order valence-corrected chi connectivity index (χ3v) is 5.92. The van der Waals surface area contributed by atoms with Crippen LogP contribution < -0.4 is 5.32 Å². The number of hydrogen-bond acceptors (Lipinski definition) is 6. The van der Waals surface area contributed by atoms with Crippen LogP contribution in [-0.2, 0) is 26.9 Å². The highest BCUT2D eigenvalue weighted by Crippen LogP contribution is 2.25. The lowest BCUT2D eigenvalue weighted by atomic mass is 10.3. The van der Waals surface area contributed by atoms with Crippen LogP contribution in [0.3, 0.4) is 0 Å². The van der Waals surface area contributed by atoms with E-state index in [0.717, 1.165) is 27.0 Å². The van der Waals surface area contributed by atoms with Crippen molar-refractivity contribution in [1.82, 2.24) is 14.5 Å². The minimum absolute atomic E-state index is 0.0227. The van der Waals surface area contributed by atoms with Crippen molar-refractivity contribution in [2.24, 2.45) is 0 Å². The van der Waals surface area contributed by atoms with E-state index in [1.807, 2.05) is 43.3 Å². The normalized spacial score (nSPS) is 11.9. The molecule has 28 heavy (non-hydrogen) atoms. The number of sulfone groups is 1. The summed E-state index contributed by atoms with van der Waals surface area (Å²) >= 11 is 1.57. The Kier molecular flexibility index (Phi) is 4.64. The second-order valence-corrected chi connectivity index (χ2v) is 10.0. The van der Waals surface area contributed by atoms with Crippen LogP contribution in [0.1, 0.15) is 10.8 Å². The molecule has 0 spiro atoms. The summed E-state index contributed by atoms with van der Waals surface area (Å²) in [5, 5.41) is 3.84. The number of amides is 1. The molecule has 0 bridgehead atoms. The van der Waals surface area contributed by atoms with Gasteiger partial charge in [-0.2, -0.15) is 0 Å². The van der Waals surface area contributed by atoms with E-state index in [1.165, 1.54) is 0 Å². The Morgan fingerprint density at radius 1 is 1.14 bits per heavy atom. The van der Waals surface area contributed by atoms with Gasteiger partial charge in [0.2, 0.25) is 5.91 Å². The molecule has 144 valence electrons. The average molecular weight is 415 g/mol. The summed E-state index contributed by atoms with van der Waals surface area (Å²) < 4.78 is 26.2. The lowest BCUT2D eigenvalue weighted by Gasteiger charge is -2.10. The van der Waals surface area contributed by atoms with Gasteiger partial charge < -0.3 is 9.88 Å². The van der Waals surface area contributed by atoms with E-state index in [0.29, 0.717) is 17.0 Å². The van der Waals surface area contributed by atoms with Crippen molar-refractivity contribution in [3.8, 4) is 0 Å². The molecule has 9 heteroatoms. The van der Waals surface area contributed by atoms with Crippen molar-refractivity contribution >= 4 is 54.0 Å². The van der Waals surface area contributed by atoms with Crippen molar-refractivity contribution in [1.29, 1.82) is 0 Å². The molecule has 2 aromatic carbocycles. The van der Waals surface area contributed by atoms with Crippen LogP contribution in [0.5, 0.6) is 0 Å². The molecule has 0 atom stereocenters. The molecule has 4 rings (SSSR count). The van der Waals surface area contributed by atoms with Crippen molar-refractivity contribution in [3.63, 3.8) is 0 Å². The largest absolute Gasteiger partial charge is 0.324 e. The molecule has 0 unspecified atom stereocenters. The summed E-state index contributed by atoms with van der Waals surface area (Å²) in [6.07, 6.45) is 1.16. The topological polar surface area (TPSA) is 94.0 Å². The van der Waals surface area contributed by atoms with Crippen LogP contribution in [0.25, 0.3) is 21.3 Å². The monoisotopic (exact) mass is 414 g/mol. The molecule has 0 aliphatic heterocycles. The number of rotatable bonds is 5. The van der Waals surface area contributed by atoms with Gasteiger partial charge in [0.05, 0.1) is 26.3 Å². The van der Waals surface area contributed by atoms with Crippen LogP contribution >= 0.6 is 11.3 Å². The van der Waals surface area contributed by atoms with Gasteiger partial charge in [0, 0.05) is 11.9 Å². The molecule has 0 aliphatic rings. The van der Waals surface area contributed by atoms with Crippen LogP contribution in [0.15, 0.2) is 42.5 Å². The van der Waals surface area contributed by atoms with Gasteiger partial charge in [-0.05, 0) is 37.3 Å². The van der Waals surface area contributed by atoms with Gasteiger partial charge in [-0.3, -0.25) is 4.79 Å². The number of carbonyl (C=O) groups is 1. The smallest absolute Gasteiger partial charge is 0.244 e. The number of para-hydroxylation sites is 2. The number of aryl methyl sites for hydroxylation is 1. The van der Waals surface area contributed by atoms with Crippen LogP contribution in [0, 0.1) is 6.92 Å². The Bertz CT molecular complexity index is 1310. The Morgan fingerprint density at radius 2 is 1.93 bits per heavy atom. The molecule has 1 amide bonds. The van der Waals surface area contributed by atoms with Gasteiger partial charge in [0.15, 0.2) is 9.84 Å². The van der Waals surface area contributed by atoms with E-state index in [1.54, 1.807) is 22.0 Å². The zero-order valence-corrected chi connectivity index (χ0v) is 17.0. The summed E-state index contributed by atoms with van der Waals surface area (Å²) in [7, 11) is -3.28. The Labute approximate surface area is 166 Å². The second-order valence-electron chi connectivity index (χ2n) is 6.64. The second kappa shape index (κ2) is 6.99. The average Bonchev–Trinajstić information content (AvgIpc) is 3.13. The molecular weight excluding hydrogens is 396 g/mol. The van der Waals surface area contributed by atoms with E-state index in [4.69, 9.17) is 0 Å². The summed E-state index contributed by atoms with van der Waals surface area (Å²) in [4.78, 5) is 21.5. The van der Waals surface area contributed by atoms with Gasteiger partial charge in [0.1, 0.15) is 18.1 Å². The van der Waals surface area contributed by atoms with E-state index in [2.05, 4.69) is 15.3 Å². The highest BCUT2D eigenvalue weighted by Gasteiger charge is 2.17. The number of anilines is 1. The predicted molar refractivity (Wildman–Crippen MR) is 111 cm³/mol. The van der Waals surface area contributed by atoms with Crippen LogP contribution in [-0.4, -0.2) is 35.1 Å². The van der Waals surface area contributed by atoms with Crippen LogP contribution in [0.4, 0.5) is 5.69 Å². The van der Waals surface area contributed by atoms with Crippen LogP contribution in [0.2, 0.25) is 0 Å². The maximum Gasteiger partial charge on any atom is 0.244 e. The lowest BCUT2D eigenvalue weighted by Crippen LogP contribution is -2.21. The SMILES string of the molecule is Cc1nc2ccc(NC(=O)Cn3c(CS(C)(=O)=O)nc4ccccc43)cc2s1. The predicted octanol–water partition coefficient (Wildman–Crippen LogP) is 3.14. The number of aromatic nitrogens is 3. The maximum absolute atomic E-state index is 12.7.